The number of nitrogens with zero attached hydrogens (tertiary/aromatic N) is 4. The minimum atomic E-state index is 0.143. The molecule has 2 aromatic carbocycles. The van der Waals surface area contributed by atoms with Gasteiger partial charge in [-0.15, -0.1) is 10.2 Å². The van der Waals surface area contributed by atoms with E-state index in [0.29, 0.717) is 28.2 Å². The largest absolute Gasteiger partial charge is 0.497 e. The first-order chi connectivity index (χ1) is 14.7. The fourth-order valence-corrected chi connectivity index (χ4v) is 4.34. The van der Waals surface area contributed by atoms with Gasteiger partial charge in [0.25, 0.3) is 0 Å². The van der Waals surface area contributed by atoms with Crippen molar-refractivity contribution in [2.24, 2.45) is 0 Å². The Kier molecular flexibility index (Phi) is 6.23. The predicted octanol–water partition coefficient (Wildman–Crippen LogP) is 3.67. The quantitative estimate of drug-likeness (QED) is 0.539. The maximum Gasteiger partial charge on any atom is 0.233 e. The second kappa shape index (κ2) is 9.21. The number of aromatic nitrogens is 3. The molecule has 1 aliphatic heterocycles. The number of ether oxygens (including phenoxy) is 2. The van der Waals surface area contributed by atoms with Crippen molar-refractivity contribution in [1.29, 1.82) is 0 Å². The van der Waals surface area contributed by atoms with Crippen LogP contribution in [-0.4, -0.2) is 58.6 Å². The number of hydrogen-bond acceptors (Lipinski definition) is 6. The molecular weight excluding hydrogens is 400 g/mol. The van der Waals surface area contributed by atoms with Crippen LogP contribution in [0.3, 0.4) is 0 Å². The third-order valence-corrected chi connectivity index (χ3v) is 5.95. The zero-order chi connectivity index (χ0) is 20.9. The van der Waals surface area contributed by atoms with Gasteiger partial charge in [-0.1, -0.05) is 30.0 Å². The third-order valence-electron chi connectivity index (χ3n) is 5.04. The van der Waals surface area contributed by atoms with E-state index in [2.05, 4.69) is 10.2 Å². The fraction of sp³-hybridized carbons (Fsp3) is 0.318. The lowest BCUT2D eigenvalue weighted by Gasteiger charge is -2.15. The lowest BCUT2D eigenvalue weighted by atomic mass is 10.2. The van der Waals surface area contributed by atoms with Gasteiger partial charge in [-0.2, -0.15) is 0 Å². The van der Waals surface area contributed by atoms with Gasteiger partial charge in [0.05, 0.1) is 20.0 Å². The average molecular weight is 425 g/mol. The average Bonchev–Trinajstić information content (AvgIpc) is 3.48. The smallest absolute Gasteiger partial charge is 0.233 e. The van der Waals surface area contributed by atoms with Crippen molar-refractivity contribution in [3.8, 4) is 28.6 Å². The fourth-order valence-electron chi connectivity index (χ4n) is 3.48. The van der Waals surface area contributed by atoms with E-state index in [1.807, 2.05) is 58.0 Å². The standard InChI is InChI=1S/C22H24N4O3S/c1-28-18-12-16(13-19(14-18)29-2)21-23-24-22(26(21)17-8-4-3-5-9-17)30-15-20(27)25-10-6-7-11-25/h3-5,8-9,12-14H,6-7,10-11,15H2,1-2H3. The first-order valence-electron chi connectivity index (χ1n) is 9.84. The van der Waals surface area contributed by atoms with Crippen molar-refractivity contribution in [3.63, 3.8) is 0 Å². The van der Waals surface area contributed by atoms with Crippen LogP contribution in [0, 0.1) is 0 Å². The minimum Gasteiger partial charge on any atom is -0.497 e. The van der Waals surface area contributed by atoms with Crippen molar-refractivity contribution in [2.75, 3.05) is 33.1 Å². The van der Waals surface area contributed by atoms with Crippen LogP contribution in [0.1, 0.15) is 12.8 Å². The van der Waals surface area contributed by atoms with E-state index < -0.39 is 0 Å². The number of carbonyl (C=O) groups is 1. The molecule has 1 saturated heterocycles. The van der Waals surface area contributed by atoms with Gasteiger partial charge in [0.15, 0.2) is 11.0 Å². The maximum absolute atomic E-state index is 12.5. The number of likely N-dealkylation sites (tertiary alicyclic amines) is 1. The molecule has 0 saturated carbocycles. The van der Waals surface area contributed by atoms with Crippen LogP contribution in [0.5, 0.6) is 11.5 Å². The Morgan fingerprint density at radius 2 is 1.67 bits per heavy atom. The molecule has 0 aliphatic carbocycles. The number of methoxy groups -OCH3 is 2. The molecule has 2 heterocycles. The van der Waals surface area contributed by atoms with Gasteiger partial charge in [0, 0.05) is 30.4 Å². The van der Waals surface area contributed by atoms with Crippen molar-refractivity contribution in [2.45, 2.75) is 18.0 Å². The predicted molar refractivity (Wildman–Crippen MR) is 116 cm³/mol. The number of para-hydroxylation sites is 1. The molecule has 0 unspecified atom stereocenters. The van der Waals surface area contributed by atoms with E-state index in [4.69, 9.17) is 9.47 Å². The zero-order valence-electron chi connectivity index (χ0n) is 17.1. The molecule has 0 atom stereocenters. The van der Waals surface area contributed by atoms with Gasteiger partial charge in [-0.25, -0.2) is 0 Å². The molecule has 0 N–H and O–H groups in total. The summed E-state index contributed by atoms with van der Waals surface area (Å²) < 4.78 is 12.8. The van der Waals surface area contributed by atoms with E-state index in [1.165, 1.54) is 11.8 Å². The number of amides is 1. The first kappa shape index (κ1) is 20.3. The zero-order valence-corrected chi connectivity index (χ0v) is 17.9. The van der Waals surface area contributed by atoms with Gasteiger partial charge in [-0.3, -0.25) is 9.36 Å². The SMILES string of the molecule is COc1cc(OC)cc(-c2nnc(SCC(=O)N3CCCC3)n2-c2ccccc2)c1. The summed E-state index contributed by atoms with van der Waals surface area (Å²) in [6, 6.07) is 15.5. The van der Waals surface area contributed by atoms with Gasteiger partial charge < -0.3 is 14.4 Å². The molecule has 0 bridgehead atoms. The molecule has 156 valence electrons. The van der Waals surface area contributed by atoms with Crippen molar-refractivity contribution >= 4 is 17.7 Å². The molecule has 0 radical (unpaired) electrons. The van der Waals surface area contributed by atoms with Gasteiger partial charge in [0.2, 0.25) is 5.91 Å². The van der Waals surface area contributed by atoms with Crippen LogP contribution in [0.2, 0.25) is 0 Å². The summed E-state index contributed by atoms with van der Waals surface area (Å²) in [5.74, 6) is 2.49. The Hall–Kier alpha value is -3.00. The number of carbonyl (C=O) groups excluding carboxylic acids is 1. The van der Waals surface area contributed by atoms with Crippen LogP contribution in [0.15, 0.2) is 53.7 Å². The van der Waals surface area contributed by atoms with Crippen molar-refractivity contribution in [1.82, 2.24) is 19.7 Å². The van der Waals surface area contributed by atoms with Crippen LogP contribution in [0.4, 0.5) is 0 Å². The summed E-state index contributed by atoms with van der Waals surface area (Å²) in [5, 5.41) is 9.52. The lowest BCUT2D eigenvalue weighted by Crippen LogP contribution is -2.29. The van der Waals surface area contributed by atoms with Crippen molar-refractivity contribution < 1.29 is 14.3 Å². The Balaban J connectivity index is 1.70. The molecule has 8 heteroatoms. The third kappa shape index (κ3) is 4.28. The summed E-state index contributed by atoms with van der Waals surface area (Å²) in [4.78, 5) is 14.4. The van der Waals surface area contributed by atoms with Gasteiger partial charge in [-0.05, 0) is 37.1 Å². The van der Waals surface area contributed by atoms with Crippen LogP contribution in [0.25, 0.3) is 17.1 Å². The second-order valence-corrected chi connectivity index (χ2v) is 7.90. The molecule has 1 aliphatic rings. The molecule has 0 spiro atoms. The minimum absolute atomic E-state index is 0.143. The Bertz CT molecular complexity index is 994. The summed E-state index contributed by atoms with van der Waals surface area (Å²) in [6.07, 6.45) is 2.16. The highest BCUT2D eigenvalue weighted by molar-refractivity contribution is 7.99. The number of rotatable bonds is 7. The molecule has 4 rings (SSSR count). The highest BCUT2D eigenvalue weighted by Gasteiger charge is 2.21. The molecular formula is C22H24N4O3S. The molecule has 7 nitrogen and oxygen atoms in total. The molecule has 1 fully saturated rings. The van der Waals surface area contributed by atoms with E-state index in [9.17, 15) is 4.79 Å². The Morgan fingerprint density at radius 3 is 2.30 bits per heavy atom. The highest BCUT2D eigenvalue weighted by Crippen LogP contribution is 2.33. The van der Waals surface area contributed by atoms with Crippen molar-refractivity contribution in [3.05, 3.63) is 48.5 Å². The van der Waals surface area contributed by atoms with Gasteiger partial charge >= 0.3 is 0 Å². The Labute approximate surface area is 180 Å². The Morgan fingerprint density at radius 1 is 1.00 bits per heavy atom. The lowest BCUT2D eigenvalue weighted by molar-refractivity contribution is -0.127. The van der Waals surface area contributed by atoms with Gasteiger partial charge in [0.1, 0.15) is 11.5 Å². The highest BCUT2D eigenvalue weighted by atomic mass is 32.2. The number of benzene rings is 2. The molecule has 30 heavy (non-hydrogen) atoms. The van der Waals surface area contributed by atoms with Crippen LogP contribution < -0.4 is 9.47 Å². The monoisotopic (exact) mass is 424 g/mol. The molecule has 1 amide bonds. The summed E-state index contributed by atoms with van der Waals surface area (Å²) >= 11 is 1.41. The summed E-state index contributed by atoms with van der Waals surface area (Å²) in [6.45, 7) is 1.69. The summed E-state index contributed by atoms with van der Waals surface area (Å²) in [5.41, 5.74) is 1.75. The second-order valence-electron chi connectivity index (χ2n) is 6.96. The van der Waals surface area contributed by atoms with Crippen LogP contribution >= 0.6 is 11.8 Å². The molecule has 1 aromatic heterocycles. The topological polar surface area (TPSA) is 69.5 Å². The number of thioether (sulfide) groups is 1. The summed E-state index contributed by atoms with van der Waals surface area (Å²) in [7, 11) is 3.23. The molecule has 3 aromatic rings. The van der Waals surface area contributed by atoms with E-state index in [0.717, 1.165) is 37.2 Å². The normalized spacial score (nSPS) is 13.5. The first-order valence-corrected chi connectivity index (χ1v) is 10.8. The van der Waals surface area contributed by atoms with E-state index >= 15 is 0 Å². The number of hydrogen-bond donors (Lipinski definition) is 0. The van der Waals surface area contributed by atoms with E-state index in [1.54, 1.807) is 14.2 Å². The maximum atomic E-state index is 12.5. The van der Waals surface area contributed by atoms with E-state index in [-0.39, 0.29) is 5.91 Å². The van der Waals surface area contributed by atoms with Crippen LogP contribution in [-0.2, 0) is 4.79 Å².